The van der Waals surface area contributed by atoms with Gasteiger partial charge in [-0.25, -0.2) is 9.69 Å². The van der Waals surface area contributed by atoms with E-state index in [1.54, 1.807) is 36.4 Å². The Hall–Kier alpha value is -6.86. The van der Waals surface area contributed by atoms with Crippen molar-refractivity contribution in [1.82, 2.24) is 4.90 Å². The number of amides is 3. The standard InChI is InChI=1S/C41H32N4O9/c42-37(47)32-34-38(48)54-35(26-11-5-2-6-12-26)33(25-9-3-1-4-10-25)44(34)36(27-17-21-29(46)22-18-27)41(32)30-13-7-8-14-31(30)43(39(41)49)40(50)53-23-24-15-19-28(20-16-24)45(51)52/h1-22,32-36,46H,23H2,(H2,42,47). The highest BCUT2D eigenvalue weighted by atomic mass is 16.6. The van der Waals surface area contributed by atoms with Crippen molar-refractivity contribution in [3.05, 3.63) is 171 Å². The van der Waals surface area contributed by atoms with E-state index in [4.69, 9.17) is 15.2 Å². The van der Waals surface area contributed by atoms with Crippen molar-refractivity contribution in [3.8, 4) is 5.75 Å². The minimum atomic E-state index is -1.98. The first-order valence-electron chi connectivity index (χ1n) is 17.1. The molecule has 270 valence electrons. The van der Waals surface area contributed by atoms with Gasteiger partial charge in [0.1, 0.15) is 29.9 Å². The number of nitrogens with zero attached hydrogens (tertiary/aromatic N) is 3. The molecule has 8 rings (SSSR count). The molecule has 6 unspecified atom stereocenters. The summed E-state index contributed by atoms with van der Waals surface area (Å²) in [5.74, 6) is -4.18. The van der Waals surface area contributed by atoms with Crippen molar-refractivity contribution in [2.24, 2.45) is 11.7 Å². The zero-order chi connectivity index (χ0) is 37.7. The van der Waals surface area contributed by atoms with Crippen LogP contribution in [0.4, 0.5) is 16.2 Å². The van der Waals surface area contributed by atoms with E-state index < -0.39 is 64.4 Å². The van der Waals surface area contributed by atoms with Gasteiger partial charge in [-0.3, -0.25) is 29.4 Å². The molecule has 2 fully saturated rings. The van der Waals surface area contributed by atoms with Crippen molar-refractivity contribution >= 4 is 35.3 Å². The van der Waals surface area contributed by atoms with Crippen LogP contribution in [-0.4, -0.2) is 44.8 Å². The molecular formula is C41H32N4O9. The summed E-state index contributed by atoms with van der Waals surface area (Å²) in [5, 5.41) is 21.5. The van der Waals surface area contributed by atoms with Gasteiger partial charge in [-0.1, -0.05) is 91.0 Å². The molecule has 3 N–H and O–H groups in total. The number of anilines is 1. The maximum absolute atomic E-state index is 15.5. The van der Waals surface area contributed by atoms with Gasteiger partial charge in [0, 0.05) is 12.1 Å². The van der Waals surface area contributed by atoms with Gasteiger partial charge in [-0.2, -0.15) is 0 Å². The number of aromatic hydroxyl groups is 1. The number of ether oxygens (including phenoxy) is 2. The molecule has 3 heterocycles. The number of para-hydroxylation sites is 1. The largest absolute Gasteiger partial charge is 0.508 e. The van der Waals surface area contributed by atoms with Crippen molar-refractivity contribution < 1.29 is 38.7 Å². The zero-order valence-electron chi connectivity index (χ0n) is 28.4. The number of phenolic OH excluding ortho intramolecular Hbond substituents is 1. The smallest absolute Gasteiger partial charge is 0.421 e. The lowest BCUT2D eigenvalue weighted by atomic mass is 9.65. The molecule has 3 aliphatic heterocycles. The Morgan fingerprint density at radius 2 is 1.41 bits per heavy atom. The van der Waals surface area contributed by atoms with Gasteiger partial charge in [0.05, 0.1) is 28.6 Å². The van der Waals surface area contributed by atoms with Crippen LogP contribution in [0.25, 0.3) is 0 Å². The molecule has 13 nitrogen and oxygen atoms in total. The normalized spacial score (nSPS) is 24.4. The summed E-state index contributed by atoms with van der Waals surface area (Å²) in [6, 6.07) is 33.2. The van der Waals surface area contributed by atoms with E-state index in [2.05, 4.69) is 0 Å². The van der Waals surface area contributed by atoms with Gasteiger partial charge in [0.25, 0.3) is 5.69 Å². The summed E-state index contributed by atoms with van der Waals surface area (Å²) < 4.78 is 11.9. The van der Waals surface area contributed by atoms with Crippen LogP contribution in [0.2, 0.25) is 0 Å². The number of carbonyl (C=O) groups is 4. The molecule has 0 aromatic heterocycles. The molecule has 5 aromatic rings. The molecule has 0 saturated carbocycles. The van der Waals surface area contributed by atoms with Crippen molar-refractivity contribution in [3.63, 3.8) is 0 Å². The number of hydrogen-bond donors (Lipinski definition) is 2. The highest BCUT2D eigenvalue weighted by Crippen LogP contribution is 2.65. The fraction of sp³-hybridized carbons (Fsp3) is 0.171. The number of non-ortho nitro benzene ring substituents is 1. The number of imide groups is 1. The van der Waals surface area contributed by atoms with Gasteiger partial charge in [-0.15, -0.1) is 0 Å². The minimum Gasteiger partial charge on any atom is -0.508 e. The first-order valence-corrected chi connectivity index (χ1v) is 17.1. The number of morpholine rings is 1. The van der Waals surface area contributed by atoms with E-state index in [0.717, 1.165) is 10.5 Å². The number of benzene rings is 5. The fourth-order valence-corrected chi connectivity index (χ4v) is 8.45. The number of cyclic esters (lactones) is 1. The van der Waals surface area contributed by atoms with Crippen molar-refractivity contribution in [2.75, 3.05) is 4.90 Å². The molecule has 3 amide bonds. The van der Waals surface area contributed by atoms with Gasteiger partial charge >= 0.3 is 12.1 Å². The molecule has 3 aliphatic rings. The molecule has 0 radical (unpaired) electrons. The van der Waals surface area contributed by atoms with Crippen LogP contribution in [-0.2, 0) is 35.9 Å². The maximum atomic E-state index is 15.5. The second kappa shape index (κ2) is 13.3. The number of primary amides is 1. The third-order valence-electron chi connectivity index (χ3n) is 10.6. The number of phenols is 1. The molecule has 5 aromatic carbocycles. The average Bonchev–Trinajstić information content (AvgIpc) is 3.65. The number of rotatable bonds is 7. The average molecular weight is 725 g/mol. The highest BCUT2D eigenvalue weighted by molar-refractivity contribution is 6.23. The maximum Gasteiger partial charge on any atom is 0.421 e. The Kier molecular flexibility index (Phi) is 8.42. The summed E-state index contributed by atoms with van der Waals surface area (Å²) in [5.41, 5.74) is 6.86. The van der Waals surface area contributed by atoms with Crippen LogP contribution in [0.15, 0.2) is 133 Å². The second-order valence-corrected chi connectivity index (χ2v) is 13.4. The third kappa shape index (κ3) is 5.27. The zero-order valence-corrected chi connectivity index (χ0v) is 28.4. The summed E-state index contributed by atoms with van der Waals surface area (Å²) >= 11 is 0. The van der Waals surface area contributed by atoms with Crippen LogP contribution >= 0.6 is 0 Å². The molecule has 13 heteroatoms. The summed E-state index contributed by atoms with van der Waals surface area (Å²) in [4.78, 5) is 71.4. The van der Waals surface area contributed by atoms with E-state index >= 15 is 4.79 Å². The highest BCUT2D eigenvalue weighted by Gasteiger charge is 2.75. The van der Waals surface area contributed by atoms with Gasteiger partial charge in [0.2, 0.25) is 11.8 Å². The predicted octanol–water partition coefficient (Wildman–Crippen LogP) is 5.79. The third-order valence-corrected chi connectivity index (χ3v) is 10.6. The van der Waals surface area contributed by atoms with Gasteiger partial charge in [-0.05, 0) is 58.1 Å². The number of nitrogens with two attached hydrogens (primary N) is 1. The lowest BCUT2D eigenvalue weighted by molar-refractivity contribution is -0.384. The van der Waals surface area contributed by atoms with E-state index in [9.17, 15) is 29.6 Å². The molecular weight excluding hydrogens is 692 g/mol. The lowest BCUT2D eigenvalue weighted by Gasteiger charge is -2.46. The van der Waals surface area contributed by atoms with E-state index in [0.29, 0.717) is 16.7 Å². The molecule has 54 heavy (non-hydrogen) atoms. The van der Waals surface area contributed by atoms with Crippen LogP contribution in [0, 0.1) is 16.0 Å². The molecule has 6 atom stereocenters. The number of hydrogen-bond acceptors (Lipinski definition) is 10. The quantitative estimate of drug-likeness (QED) is 0.118. The predicted molar refractivity (Wildman–Crippen MR) is 193 cm³/mol. The first-order chi connectivity index (χ1) is 26.1. The van der Waals surface area contributed by atoms with Crippen LogP contribution in [0.1, 0.15) is 46.0 Å². The van der Waals surface area contributed by atoms with Gasteiger partial charge in [0.15, 0.2) is 0 Å². The monoisotopic (exact) mass is 724 g/mol. The number of esters is 1. The Morgan fingerprint density at radius 3 is 2.04 bits per heavy atom. The van der Waals surface area contributed by atoms with Crippen LogP contribution in [0.5, 0.6) is 5.75 Å². The summed E-state index contributed by atoms with van der Waals surface area (Å²) in [7, 11) is 0. The molecule has 2 saturated heterocycles. The molecule has 0 aliphatic carbocycles. The SMILES string of the molecule is NC(=O)C1C2C(=O)OC(c3ccccc3)C(c3ccccc3)N2C(c2ccc(O)cc2)C12C(=O)N(C(=O)OCc1ccc([N+](=O)[O-])cc1)c1ccccc12. The topological polar surface area (TPSA) is 183 Å². The lowest BCUT2D eigenvalue weighted by Crippen LogP contribution is -2.55. The first kappa shape index (κ1) is 34.2. The molecule has 1 spiro atoms. The van der Waals surface area contributed by atoms with Gasteiger partial charge < -0.3 is 20.3 Å². The number of nitro benzene ring substituents is 1. The summed E-state index contributed by atoms with van der Waals surface area (Å²) in [6.45, 7) is -0.327. The van der Waals surface area contributed by atoms with Crippen molar-refractivity contribution in [2.45, 2.75) is 36.3 Å². The number of nitro groups is 1. The van der Waals surface area contributed by atoms with E-state index in [1.807, 2.05) is 65.6 Å². The minimum absolute atomic E-state index is 0.0526. The fourth-order valence-electron chi connectivity index (χ4n) is 8.45. The second-order valence-electron chi connectivity index (χ2n) is 13.4. The van der Waals surface area contributed by atoms with Crippen LogP contribution < -0.4 is 10.6 Å². The van der Waals surface area contributed by atoms with Crippen LogP contribution in [0.3, 0.4) is 0 Å². The van der Waals surface area contributed by atoms with E-state index in [1.165, 1.54) is 36.4 Å². The number of carbonyl (C=O) groups excluding carboxylic acids is 4. The Balaban J connectivity index is 1.32. The Bertz CT molecular complexity index is 2290. The van der Waals surface area contributed by atoms with E-state index in [-0.39, 0.29) is 29.3 Å². The Morgan fingerprint density at radius 1 is 0.796 bits per heavy atom. The number of fused-ring (bicyclic) bond motifs is 3. The summed E-state index contributed by atoms with van der Waals surface area (Å²) in [6.07, 6.45) is -1.96. The molecule has 0 bridgehead atoms. The van der Waals surface area contributed by atoms with Crippen molar-refractivity contribution in [1.29, 1.82) is 0 Å². The Labute approximate surface area is 308 Å².